The molecule has 0 aliphatic heterocycles. The Morgan fingerprint density at radius 2 is 0.902 bits per heavy atom. The van der Waals surface area contributed by atoms with Gasteiger partial charge in [0, 0.05) is 49.8 Å². The van der Waals surface area contributed by atoms with E-state index in [4.69, 9.17) is 9.47 Å². The number of aliphatic imine (C=N–C) groups is 2. The van der Waals surface area contributed by atoms with Crippen LogP contribution in [0, 0.1) is 32.1 Å². The summed E-state index contributed by atoms with van der Waals surface area (Å²) in [6, 6.07) is 26.9. The summed E-state index contributed by atoms with van der Waals surface area (Å²) in [5.74, 6) is 3.41. The normalized spacial score (nSPS) is 16.1. The van der Waals surface area contributed by atoms with E-state index in [0.29, 0.717) is 34.8 Å². The second kappa shape index (κ2) is 12.6. The molecule has 1 aliphatic carbocycles. The molecule has 206 valence electrons. The molecule has 41 heavy (non-hydrogen) atoms. The maximum absolute atomic E-state index is 10.8. The number of hydrogen-bond donors (Lipinski definition) is 0. The van der Waals surface area contributed by atoms with Gasteiger partial charge in [-0.3, -0.25) is 30.2 Å². The van der Waals surface area contributed by atoms with Crippen molar-refractivity contribution < 1.29 is 19.3 Å². The Morgan fingerprint density at radius 1 is 0.585 bits per heavy atom. The zero-order valence-electron chi connectivity index (χ0n) is 21.9. The highest BCUT2D eigenvalue weighted by Gasteiger charge is 2.35. The maximum Gasteiger partial charge on any atom is 0.269 e. The third-order valence-electron chi connectivity index (χ3n) is 6.56. The highest BCUT2D eigenvalue weighted by atomic mass is 16.6. The fourth-order valence-corrected chi connectivity index (χ4v) is 4.13. The molecule has 0 bridgehead atoms. The third kappa shape index (κ3) is 7.82. The van der Waals surface area contributed by atoms with Crippen molar-refractivity contribution in [1.29, 1.82) is 0 Å². The van der Waals surface area contributed by atoms with Crippen LogP contribution in [0.15, 0.2) is 107 Å². The molecule has 4 aromatic rings. The lowest BCUT2D eigenvalue weighted by atomic mass is 10.2. The standard InChI is InChI=1S/C31H26N4O6/c36-34(37)26-5-13-30(14-6-26)40-28-9-1-22(2-10-28)18-32-20-24-17-25(24)21-33-19-23-3-11-29(12-4-23)41-31-15-7-27(8-16-31)35(38)39/h1-16,18-19,24-25H,17,20-21H2. The molecule has 0 aromatic heterocycles. The molecule has 0 radical (unpaired) electrons. The predicted octanol–water partition coefficient (Wildman–Crippen LogP) is 7.26. The van der Waals surface area contributed by atoms with Crippen LogP contribution in [0.4, 0.5) is 11.4 Å². The minimum atomic E-state index is -0.444. The molecule has 0 heterocycles. The van der Waals surface area contributed by atoms with Crippen LogP contribution in [0.25, 0.3) is 0 Å². The summed E-state index contributed by atoms with van der Waals surface area (Å²) in [6.45, 7) is 1.52. The molecule has 0 saturated heterocycles. The number of nitro benzene ring substituents is 2. The Bertz CT molecular complexity index is 1430. The fraction of sp³-hybridized carbons (Fsp3) is 0.161. The molecular weight excluding hydrogens is 524 g/mol. The SMILES string of the molecule is O=[N+]([O-])c1ccc(Oc2ccc(C=NCC3CC3CN=Cc3ccc(Oc4ccc([N+](=O)[O-])cc4)cc3)cc2)cc1. The largest absolute Gasteiger partial charge is 0.457 e. The van der Waals surface area contributed by atoms with Gasteiger partial charge in [-0.05, 0) is 102 Å². The van der Waals surface area contributed by atoms with E-state index in [1.165, 1.54) is 24.3 Å². The molecule has 0 amide bonds. The van der Waals surface area contributed by atoms with E-state index in [9.17, 15) is 20.2 Å². The zero-order valence-corrected chi connectivity index (χ0v) is 21.9. The average Bonchev–Trinajstić information content (AvgIpc) is 3.73. The summed E-state index contributed by atoms with van der Waals surface area (Å²) < 4.78 is 11.5. The van der Waals surface area contributed by atoms with Crippen molar-refractivity contribution >= 4 is 23.8 Å². The lowest BCUT2D eigenvalue weighted by molar-refractivity contribution is -0.385. The van der Waals surface area contributed by atoms with Gasteiger partial charge in [0.25, 0.3) is 11.4 Å². The van der Waals surface area contributed by atoms with Crippen molar-refractivity contribution in [3.05, 3.63) is 128 Å². The molecule has 1 saturated carbocycles. The minimum Gasteiger partial charge on any atom is -0.457 e. The van der Waals surface area contributed by atoms with Gasteiger partial charge < -0.3 is 9.47 Å². The van der Waals surface area contributed by atoms with Crippen molar-refractivity contribution in [2.45, 2.75) is 6.42 Å². The first-order valence-electron chi connectivity index (χ1n) is 13.0. The van der Waals surface area contributed by atoms with Crippen LogP contribution < -0.4 is 9.47 Å². The maximum atomic E-state index is 10.8. The van der Waals surface area contributed by atoms with Gasteiger partial charge in [0.2, 0.25) is 0 Å². The van der Waals surface area contributed by atoms with Crippen LogP contribution in [0.1, 0.15) is 17.5 Å². The van der Waals surface area contributed by atoms with Crippen molar-refractivity contribution in [2.24, 2.45) is 21.8 Å². The third-order valence-corrected chi connectivity index (χ3v) is 6.56. The average molecular weight is 551 g/mol. The van der Waals surface area contributed by atoms with E-state index in [-0.39, 0.29) is 11.4 Å². The van der Waals surface area contributed by atoms with E-state index in [1.54, 1.807) is 24.3 Å². The monoisotopic (exact) mass is 550 g/mol. The number of benzene rings is 4. The highest BCUT2D eigenvalue weighted by Crippen LogP contribution is 2.38. The topological polar surface area (TPSA) is 129 Å². The summed E-state index contributed by atoms with van der Waals surface area (Å²) in [5.41, 5.74) is 1.98. The smallest absolute Gasteiger partial charge is 0.269 e. The second-order valence-corrected chi connectivity index (χ2v) is 9.59. The Hall–Kier alpha value is -5.38. The Kier molecular flexibility index (Phi) is 8.39. The lowest BCUT2D eigenvalue weighted by Crippen LogP contribution is -1.94. The molecule has 1 fully saturated rings. The van der Waals surface area contributed by atoms with Crippen LogP contribution in [0.3, 0.4) is 0 Å². The molecule has 4 aromatic carbocycles. The number of nitrogens with zero attached hydrogens (tertiary/aromatic N) is 4. The number of nitro groups is 2. The molecule has 0 N–H and O–H groups in total. The molecule has 2 unspecified atom stereocenters. The summed E-state index contributed by atoms with van der Waals surface area (Å²) in [5, 5.41) is 21.5. The lowest BCUT2D eigenvalue weighted by Gasteiger charge is -2.05. The summed E-state index contributed by atoms with van der Waals surface area (Å²) >= 11 is 0. The van der Waals surface area contributed by atoms with E-state index in [1.807, 2.05) is 61.0 Å². The fourth-order valence-electron chi connectivity index (χ4n) is 4.13. The number of hydrogen-bond acceptors (Lipinski definition) is 8. The number of rotatable bonds is 12. The molecule has 0 spiro atoms. The number of ether oxygens (including phenoxy) is 2. The van der Waals surface area contributed by atoms with Crippen LogP contribution >= 0.6 is 0 Å². The van der Waals surface area contributed by atoms with E-state index < -0.39 is 9.85 Å². The Morgan fingerprint density at radius 3 is 1.22 bits per heavy atom. The highest BCUT2D eigenvalue weighted by molar-refractivity contribution is 5.80. The zero-order chi connectivity index (χ0) is 28.6. The van der Waals surface area contributed by atoms with Crippen LogP contribution in [0.5, 0.6) is 23.0 Å². The van der Waals surface area contributed by atoms with Gasteiger partial charge in [-0.2, -0.15) is 0 Å². The molecular formula is C31H26N4O6. The van der Waals surface area contributed by atoms with Gasteiger partial charge in [-0.1, -0.05) is 0 Å². The Labute approximate surface area is 235 Å². The van der Waals surface area contributed by atoms with Crippen molar-refractivity contribution in [1.82, 2.24) is 0 Å². The van der Waals surface area contributed by atoms with Gasteiger partial charge >= 0.3 is 0 Å². The number of non-ortho nitro benzene ring substituents is 2. The predicted molar refractivity (Wildman–Crippen MR) is 156 cm³/mol. The first-order chi connectivity index (χ1) is 19.9. The van der Waals surface area contributed by atoms with Gasteiger partial charge in [-0.15, -0.1) is 0 Å². The minimum absolute atomic E-state index is 0.0222. The van der Waals surface area contributed by atoms with Crippen molar-refractivity contribution in [3.8, 4) is 23.0 Å². The van der Waals surface area contributed by atoms with Crippen LogP contribution in [-0.2, 0) is 0 Å². The van der Waals surface area contributed by atoms with Gasteiger partial charge in [-0.25, -0.2) is 0 Å². The first kappa shape index (κ1) is 27.2. The van der Waals surface area contributed by atoms with E-state index in [0.717, 1.165) is 30.6 Å². The first-order valence-corrected chi connectivity index (χ1v) is 13.0. The molecule has 10 nitrogen and oxygen atoms in total. The van der Waals surface area contributed by atoms with Crippen LogP contribution in [-0.4, -0.2) is 35.4 Å². The molecule has 2 atom stereocenters. The van der Waals surface area contributed by atoms with E-state index >= 15 is 0 Å². The summed E-state index contributed by atoms with van der Waals surface area (Å²) in [4.78, 5) is 29.8. The van der Waals surface area contributed by atoms with Gasteiger partial charge in [0.1, 0.15) is 23.0 Å². The summed E-state index contributed by atoms with van der Waals surface area (Å²) in [6.07, 6.45) is 4.82. The second-order valence-electron chi connectivity index (χ2n) is 9.59. The van der Waals surface area contributed by atoms with Crippen molar-refractivity contribution in [3.63, 3.8) is 0 Å². The van der Waals surface area contributed by atoms with Gasteiger partial charge in [0.05, 0.1) is 9.85 Å². The van der Waals surface area contributed by atoms with Crippen molar-refractivity contribution in [2.75, 3.05) is 13.1 Å². The molecule has 5 rings (SSSR count). The van der Waals surface area contributed by atoms with Crippen LogP contribution in [0.2, 0.25) is 0 Å². The summed E-state index contributed by atoms with van der Waals surface area (Å²) in [7, 11) is 0. The molecule has 1 aliphatic rings. The molecule has 10 heteroatoms. The van der Waals surface area contributed by atoms with Gasteiger partial charge in [0.15, 0.2) is 0 Å². The quantitative estimate of drug-likeness (QED) is 0.104. The Balaban J connectivity index is 1.02. The van der Waals surface area contributed by atoms with E-state index in [2.05, 4.69) is 9.98 Å².